The summed E-state index contributed by atoms with van der Waals surface area (Å²) in [5.41, 5.74) is 11.6. The summed E-state index contributed by atoms with van der Waals surface area (Å²) in [7, 11) is 0. The fourth-order valence-electron chi connectivity index (χ4n) is 4.37. The van der Waals surface area contributed by atoms with Crippen molar-refractivity contribution in [2.75, 3.05) is 0 Å². The van der Waals surface area contributed by atoms with E-state index >= 15 is 0 Å². The summed E-state index contributed by atoms with van der Waals surface area (Å²) in [5.74, 6) is -0.343. The van der Waals surface area contributed by atoms with Crippen LogP contribution in [0.25, 0.3) is 33.5 Å². The molecule has 1 aromatic carbocycles. The predicted octanol–water partition coefficient (Wildman–Crippen LogP) is 4.81. The van der Waals surface area contributed by atoms with Crippen LogP contribution in [0.1, 0.15) is 48.7 Å². The Kier molecular flexibility index (Phi) is 5.42. The zero-order valence-electron chi connectivity index (χ0n) is 18.8. The fraction of sp³-hybridized carbons (Fsp3) is 0.308. The van der Waals surface area contributed by atoms with E-state index in [1.165, 1.54) is 0 Å². The number of hydrogen-bond donors (Lipinski definition) is 2. The lowest BCUT2D eigenvalue weighted by Crippen LogP contribution is -2.42. The number of benzene rings is 1. The molecule has 0 radical (unpaired) electrons. The van der Waals surface area contributed by atoms with Gasteiger partial charge in [-0.2, -0.15) is 0 Å². The van der Waals surface area contributed by atoms with E-state index in [1.54, 1.807) is 12.5 Å². The van der Waals surface area contributed by atoms with Crippen LogP contribution >= 0.6 is 0 Å². The lowest BCUT2D eigenvalue weighted by atomic mass is 9.83. The molecule has 1 aliphatic rings. The molecule has 5 rings (SSSR count). The zero-order valence-corrected chi connectivity index (χ0v) is 18.8. The SMILES string of the molecule is Cc1cccc(-c2[nH]cnc2-c2ccc3ncc(C(=O)O[C@H]4CC[C@@](C)(N)CC4)cc3c2)n1. The van der Waals surface area contributed by atoms with E-state index < -0.39 is 0 Å². The third-order valence-electron chi connectivity index (χ3n) is 6.32. The number of fused-ring (bicyclic) bond motifs is 1. The molecular weight excluding hydrogens is 414 g/mol. The lowest BCUT2D eigenvalue weighted by Gasteiger charge is -2.33. The largest absolute Gasteiger partial charge is 0.459 e. The van der Waals surface area contributed by atoms with Crippen LogP contribution in [0.4, 0.5) is 0 Å². The van der Waals surface area contributed by atoms with Gasteiger partial charge in [-0.25, -0.2) is 9.78 Å². The summed E-state index contributed by atoms with van der Waals surface area (Å²) >= 11 is 0. The van der Waals surface area contributed by atoms with Crippen molar-refractivity contribution in [3.63, 3.8) is 0 Å². The second-order valence-corrected chi connectivity index (χ2v) is 9.18. The van der Waals surface area contributed by atoms with Gasteiger partial charge in [0.05, 0.1) is 34.5 Å². The van der Waals surface area contributed by atoms with Gasteiger partial charge < -0.3 is 15.5 Å². The number of nitrogens with one attached hydrogen (secondary N) is 1. The summed E-state index contributed by atoms with van der Waals surface area (Å²) in [4.78, 5) is 29.6. The standard InChI is InChI=1S/C26H27N5O2/c1-16-4-3-5-22(31-16)24-23(29-15-30-24)17-6-7-21-18(12-17)13-19(14-28-21)25(32)33-20-8-10-26(2,27)11-9-20/h3-7,12-15,20H,8-11,27H2,1-2H3,(H,29,30)/t20-,26+. The Labute approximate surface area is 192 Å². The number of H-pyrrole nitrogens is 1. The summed E-state index contributed by atoms with van der Waals surface area (Å²) in [6.07, 6.45) is 6.44. The van der Waals surface area contributed by atoms with Crippen molar-refractivity contribution in [2.45, 2.75) is 51.2 Å². The molecule has 3 aromatic heterocycles. The van der Waals surface area contributed by atoms with Crippen LogP contribution in [0.3, 0.4) is 0 Å². The second kappa shape index (κ2) is 8.41. The molecule has 3 N–H and O–H groups in total. The first-order chi connectivity index (χ1) is 15.9. The highest BCUT2D eigenvalue weighted by atomic mass is 16.5. The Bertz CT molecular complexity index is 1320. The Morgan fingerprint density at radius 2 is 1.97 bits per heavy atom. The zero-order chi connectivity index (χ0) is 23.0. The van der Waals surface area contributed by atoms with Gasteiger partial charge in [0.25, 0.3) is 0 Å². The number of imidazole rings is 1. The summed E-state index contributed by atoms with van der Waals surface area (Å²) in [5, 5.41) is 0.853. The maximum absolute atomic E-state index is 12.8. The number of aryl methyl sites for hydroxylation is 1. The molecule has 0 bridgehead atoms. The van der Waals surface area contributed by atoms with Crippen LogP contribution in [-0.4, -0.2) is 37.5 Å². The number of rotatable bonds is 4. The minimum Gasteiger partial charge on any atom is -0.459 e. The molecule has 1 fully saturated rings. The van der Waals surface area contributed by atoms with Gasteiger partial charge in [0.2, 0.25) is 0 Å². The Morgan fingerprint density at radius 1 is 1.15 bits per heavy atom. The third kappa shape index (κ3) is 4.50. The lowest BCUT2D eigenvalue weighted by molar-refractivity contribution is 0.0152. The number of pyridine rings is 2. The molecule has 7 heteroatoms. The van der Waals surface area contributed by atoms with Crippen molar-refractivity contribution in [3.05, 3.63) is 66.2 Å². The van der Waals surface area contributed by atoms with Crippen LogP contribution in [0, 0.1) is 6.92 Å². The average Bonchev–Trinajstić information content (AvgIpc) is 3.30. The molecule has 33 heavy (non-hydrogen) atoms. The van der Waals surface area contributed by atoms with Gasteiger partial charge >= 0.3 is 5.97 Å². The predicted molar refractivity (Wildman–Crippen MR) is 128 cm³/mol. The maximum Gasteiger partial charge on any atom is 0.339 e. The highest BCUT2D eigenvalue weighted by molar-refractivity contribution is 5.95. The molecule has 0 unspecified atom stereocenters. The van der Waals surface area contributed by atoms with Crippen LogP contribution in [0.5, 0.6) is 0 Å². The molecule has 0 saturated heterocycles. The van der Waals surface area contributed by atoms with Crippen molar-refractivity contribution in [2.24, 2.45) is 5.73 Å². The van der Waals surface area contributed by atoms with E-state index in [0.29, 0.717) is 5.56 Å². The van der Waals surface area contributed by atoms with Crippen molar-refractivity contribution in [1.82, 2.24) is 19.9 Å². The number of nitrogens with zero attached hydrogens (tertiary/aromatic N) is 3. The van der Waals surface area contributed by atoms with Crippen molar-refractivity contribution in [3.8, 4) is 22.6 Å². The van der Waals surface area contributed by atoms with Gasteiger partial charge in [0, 0.05) is 28.4 Å². The molecule has 7 nitrogen and oxygen atoms in total. The summed E-state index contributed by atoms with van der Waals surface area (Å²) < 4.78 is 5.75. The monoisotopic (exact) mass is 441 g/mol. The maximum atomic E-state index is 12.8. The van der Waals surface area contributed by atoms with Crippen LogP contribution < -0.4 is 5.73 Å². The molecule has 168 valence electrons. The molecule has 4 aromatic rings. The number of carbonyl (C=O) groups excluding carboxylic acids is 1. The third-order valence-corrected chi connectivity index (χ3v) is 6.32. The molecule has 3 heterocycles. The number of nitrogens with two attached hydrogens (primary N) is 1. The smallest absolute Gasteiger partial charge is 0.339 e. The van der Waals surface area contributed by atoms with Gasteiger partial charge in [-0.15, -0.1) is 0 Å². The first-order valence-electron chi connectivity index (χ1n) is 11.3. The number of hydrogen-bond acceptors (Lipinski definition) is 6. The highest BCUT2D eigenvalue weighted by Crippen LogP contribution is 2.31. The van der Waals surface area contributed by atoms with Crippen LogP contribution in [0.2, 0.25) is 0 Å². The molecule has 0 aliphatic heterocycles. The quantitative estimate of drug-likeness (QED) is 0.440. The molecule has 0 amide bonds. The Balaban J connectivity index is 1.41. The first kappa shape index (κ1) is 21.3. The number of aromatic nitrogens is 4. The fourth-order valence-corrected chi connectivity index (χ4v) is 4.37. The van der Waals surface area contributed by atoms with Crippen molar-refractivity contribution in [1.29, 1.82) is 0 Å². The average molecular weight is 442 g/mol. The second-order valence-electron chi connectivity index (χ2n) is 9.18. The van der Waals surface area contributed by atoms with Crippen molar-refractivity contribution >= 4 is 16.9 Å². The minimum atomic E-state index is -0.343. The number of aromatic amines is 1. The van der Waals surface area contributed by atoms with E-state index in [0.717, 1.165) is 64.9 Å². The first-order valence-corrected chi connectivity index (χ1v) is 11.3. The van der Waals surface area contributed by atoms with Gasteiger partial charge in [-0.05, 0) is 69.9 Å². The van der Waals surface area contributed by atoms with E-state index in [2.05, 4.69) is 26.9 Å². The van der Waals surface area contributed by atoms with E-state index in [-0.39, 0.29) is 17.6 Å². The van der Waals surface area contributed by atoms with Crippen LogP contribution in [-0.2, 0) is 4.74 Å². The molecule has 1 aliphatic carbocycles. The van der Waals surface area contributed by atoms with Gasteiger partial charge in [0.1, 0.15) is 6.10 Å². The number of carbonyl (C=O) groups is 1. The van der Waals surface area contributed by atoms with E-state index in [1.807, 2.05) is 49.4 Å². The molecule has 0 spiro atoms. The minimum absolute atomic E-state index is 0.0930. The Morgan fingerprint density at radius 3 is 2.76 bits per heavy atom. The van der Waals surface area contributed by atoms with Crippen molar-refractivity contribution < 1.29 is 9.53 Å². The highest BCUT2D eigenvalue weighted by Gasteiger charge is 2.29. The van der Waals surface area contributed by atoms with E-state index in [9.17, 15) is 4.79 Å². The van der Waals surface area contributed by atoms with Gasteiger partial charge in [-0.1, -0.05) is 12.1 Å². The van der Waals surface area contributed by atoms with Crippen LogP contribution in [0.15, 0.2) is 55.0 Å². The molecule has 0 atom stereocenters. The number of esters is 1. The normalized spacial score (nSPS) is 20.6. The summed E-state index contributed by atoms with van der Waals surface area (Å²) in [6, 6.07) is 13.6. The van der Waals surface area contributed by atoms with Gasteiger partial charge in [0.15, 0.2) is 0 Å². The van der Waals surface area contributed by atoms with E-state index in [4.69, 9.17) is 10.5 Å². The molecule has 1 saturated carbocycles. The summed E-state index contributed by atoms with van der Waals surface area (Å²) in [6.45, 7) is 4.01. The number of ether oxygens (including phenoxy) is 1. The topological polar surface area (TPSA) is 107 Å². The Hall–Kier alpha value is -3.58. The van der Waals surface area contributed by atoms with Gasteiger partial charge in [-0.3, -0.25) is 9.97 Å². The molecular formula is C26H27N5O2.